The van der Waals surface area contributed by atoms with Crippen LogP contribution in [0.3, 0.4) is 0 Å². The summed E-state index contributed by atoms with van der Waals surface area (Å²) in [5, 5.41) is 0. The molecule has 0 unspecified atom stereocenters. The van der Waals surface area contributed by atoms with Gasteiger partial charge in [0.1, 0.15) is 17.2 Å². The molecule has 0 spiro atoms. The normalized spacial score (nSPS) is 10.4. The van der Waals surface area contributed by atoms with E-state index in [1.165, 1.54) is 0 Å². The maximum Gasteiger partial charge on any atom is 0.154 e. The number of hydrogen-bond acceptors (Lipinski definition) is 3. The molecule has 0 aliphatic heterocycles. The summed E-state index contributed by atoms with van der Waals surface area (Å²) in [5.41, 5.74) is 6.55. The number of nitrogens with two attached hydrogens (primary N) is 1. The molecule has 2 aromatic carbocycles. The molecule has 0 heterocycles. The van der Waals surface area contributed by atoms with Gasteiger partial charge in [-0.05, 0) is 38.1 Å². The zero-order chi connectivity index (χ0) is 13.0. The Morgan fingerprint density at radius 3 is 2.22 bits per heavy atom. The van der Waals surface area contributed by atoms with Gasteiger partial charge in [0.05, 0.1) is 6.10 Å². The van der Waals surface area contributed by atoms with Crippen LogP contribution in [0.1, 0.15) is 13.8 Å². The van der Waals surface area contributed by atoms with Crippen LogP contribution >= 0.6 is 0 Å². The average Bonchev–Trinajstić information content (AvgIpc) is 2.35. The molecule has 2 aromatic rings. The highest BCUT2D eigenvalue weighted by atomic mass is 16.5. The standard InChI is InChI=1S/C15H17NO2/c1-11(2)17-13-9-6-10-14(15(13)16)18-12-7-4-3-5-8-12/h3-11H,16H2,1-2H3. The van der Waals surface area contributed by atoms with Gasteiger partial charge in [0.25, 0.3) is 0 Å². The Morgan fingerprint density at radius 1 is 0.889 bits per heavy atom. The van der Waals surface area contributed by atoms with Gasteiger partial charge in [-0.25, -0.2) is 0 Å². The highest BCUT2D eigenvalue weighted by Crippen LogP contribution is 2.34. The maximum atomic E-state index is 6.03. The molecule has 0 saturated heterocycles. The molecule has 0 saturated carbocycles. The summed E-state index contributed by atoms with van der Waals surface area (Å²) in [4.78, 5) is 0. The van der Waals surface area contributed by atoms with E-state index in [0.717, 1.165) is 5.75 Å². The van der Waals surface area contributed by atoms with E-state index in [9.17, 15) is 0 Å². The van der Waals surface area contributed by atoms with E-state index in [4.69, 9.17) is 15.2 Å². The third kappa shape index (κ3) is 2.94. The minimum Gasteiger partial charge on any atom is -0.489 e. The van der Waals surface area contributed by atoms with E-state index in [0.29, 0.717) is 17.2 Å². The number of ether oxygens (including phenoxy) is 2. The highest BCUT2D eigenvalue weighted by molar-refractivity contribution is 5.63. The third-order valence-corrected chi connectivity index (χ3v) is 2.36. The van der Waals surface area contributed by atoms with Crippen molar-refractivity contribution in [3.05, 3.63) is 48.5 Å². The number of rotatable bonds is 4. The zero-order valence-electron chi connectivity index (χ0n) is 10.6. The first kappa shape index (κ1) is 12.3. The predicted molar refractivity (Wildman–Crippen MR) is 73.1 cm³/mol. The number of para-hydroxylation sites is 2. The van der Waals surface area contributed by atoms with E-state index in [-0.39, 0.29) is 6.10 Å². The monoisotopic (exact) mass is 243 g/mol. The van der Waals surface area contributed by atoms with Crippen molar-refractivity contribution < 1.29 is 9.47 Å². The molecule has 3 heteroatoms. The molecular weight excluding hydrogens is 226 g/mol. The van der Waals surface area contributed by atoms with E-state index in [1.54, 1.807) is 0 Å². The fraction of sp³-hybridized carbons (Fsp3) is 0.200. The van der Waals surface area contributed by atoms with Crippen LogP contribution in [0.25, 0.3) is 0 Å². The molecule has 0 bridgehead atoms. The van der Waals surface area contributed by atoms with Gasteiger partial charge in [-0.2, -0.15) is 0 Å². The third-order valence-electron chi connectivity index (χ3n) is 2.36. The Hall–Kier alpha value is -2.16. The fourth-order valence-corrected chi connectivity index (χ4v) is 1.59. The predicted octanol–water partition coefficient (Wildman–Crippen LogP) is 3.85. The van der Waals surface area contributed by atoms with Crippen LogP contribution in [0.2, 0.25) is 0 Å². The largest absolute Gasteiger partial charge is 0.489 e. The van der Waals surface area contributed by atoms with E-state index >= 15 is 0 Å². The SMILES string of the molecule is CC(C)Oc1cccc(Oc2ccccc2)c1N. The van der Waals surface area contributed by atoms with E-state index in [1.807, 2.05) is 62.4 Å². The second-order valence-electron chi connectivity index (χ2n) is 4.25. The summed E-state index contributed by atoms with van der Waals surface area (Å²) in [6.07, 6.45) is 0.0827. The van der Waals surface area contributed by atoms with Gasteiger partial charge >= 0.3 is 0 Å². The molecule has 0 amide bonds. The van der Waals surface area contributed by atoms with Crippen molar-refractivity contribution in [3.63, 3.8) is 0 Å². The summed E-state index contributed by atoms with van der Waals surface area (Å²) >= 11 is 0. The van der Waals surface area contributed by atoms with Crippen molar-refractivity contribution in [2.45, 2.75) is 20.0 Å². The van der Waals surface area contributed by atoms with Gasteiger partial charge < -0.3 is 15.2 Å². The van der Waals surface area contributed by atoms with Crippen LogP contribution in [0.5, 0.6) is 17.2 Å². The van der Waals surface area contributed by atoms with Crippen molar-refractivity contribution in [1.82, 2.24) is 0 Å². The molecule has 0 aliphatic carbocycles. The molecule has 0 atom stereocenters. The van der Waals surface area contributed by atoms with Crippen LogP contribution in [-0.4, -0.2) is 6.10 Å². The summed E-state index contributed by atoms with van der Waals surface area (Å²) in [6.45, 7) is 3.92. The van der Waals surface area contributed by atoms with E-state index in [2.05, 4.69) is 0 Å². The van der Waals surface area contributed by atoms with Gasteiger partial charge in [0.15, 0.2) is 5.75 Å². The number of hydrogen-bond donors (Lipinski definition) is 1. The molecule has 0 aliphatic rings. The summed E-state index contributed by atoms with van der Waals surface area (Å²) in [6, 6.07) is 15.1. The number of benzene rings is 2. The second kappa shape index (κ2) is 5.45. The Balaban J connectivity index is 2.23. The lowest BCUT2D eigenvalue weighted by Crippen LogP contribution is -2.07. The van der Waals surface area contributed by atoms with Crippen molar-refractivity contribution in [1.29, 1.82) is 0 Å². The summed E-state index contributed by atoms with van der Waals surface area (Å²) in [5.74, 6) is 2.02. The van der Waals surface area contributed by atoms with E-state index < -0.39 is 0 Å². The lowest BCUT2D eigenvalue weighted by molar-refractivity contribution is 0.243. The van der Waals surface area contributed by atoms with Crippen LogP contribution in [-0.2, 0) is 0 Å². The Labute approximate surface area is 107 Å². The van der Waals surface area contributed by atoms with Crippen molar-refractivity contribution >= 4 is 5.69 Å². The smallest absolute Gasteiger partial charge is 0.154 e. The molecule has 2 rings (SSSR count). The average molecular weight is 243 g/mol. The van der Waals surface area contributed by atoms with Crippen molar-refractivity contribution in [3.8, 4) is 17.2 Å². The van der Waals surface area contributed by atoms with Gasteiger partial charge in [0, 0.05) is 0 Å². The van der Waals surface area contributed by atoms with Crippen LogP contribution < -0.4 is 15.2 Å². The lowest BCUT2D eigenvalue weighted by Gasteiger charge is -2.15. The molecule has 0 fully saturated rings. The van der Waals surface area contributed by atoms with Crippen molar-refractivity contribution in [2.75, 3.05) is 5.73 Å². The summed E-state index contributed by atoms with van der Waals surface area (Å²) in [7, 11) is 0. The molecule has 0 radical (unpaired) electrons. The molecule has 18 heavy (non-hydrogen) atoms. The first-order valence-corrected chi connectivity index (χ1v) is 5.95. The Morgan fingerprint density at radius 2 is 1.56 bits per heavy atom. The first-order chi connectivity index (χ1) is 8.66. The van der Waals surface area contributed by atoms with Crippen LogP contribution in [0.15, 0.2) is 48.5 Å². The van der Waals surface area contributed by atoms with Gasteiger partial charge in [-0.1, -0.05) is 24.3 Å². The molecule has 94 valence electrons. The molecule has 2 N–H and O–H groups in total. The first-order valence-electron chi connectivity index (χ1n) is 5.95. The molecular formula is C15H17NO2. The Kier molecular flexibility index (Phi) is 3.72. The molecule has 3 nitrogen and oxygen atoms in total. The van der Waals surface area contributed by atoms with Crippen molar-refractivity contribution in [2.24, 2.45) is 0 Å². The topological polar surface area (TPSA) is 44.5 Å². The van der Waals surface area contributed by atoms with Gasteiger partial charge in [-0.15, -0.1) is 0 Å². The fourth-order valence-electron chi connectivity index (χ4n) is 1.59. The minimum absolute atomic E-state index is 0.0827. The van der Waals surface area contributed by atoms with Crippen LogP contribution in [0, 0.1) is 0 Å². The number of anilines is 1. The Bertz CT molecular complexity index is 509. The highest BCUT2D eigenvalue weighted by Gasteiger charge is 2.09. The van der Waals surface area contributed by atoms with Gasteiger partial charge in [-0.3, -0.25) is 0 Å². The molecule has 0 aromatic heterocycles. The zero-order valence-corrected chi connectivity index (χ0v) is 10.6. The summed E-state index contributed by atoms with van der Waals surface area (Å²) < 4.78 is 11.3. The second-order valence-corrected chi connectivity index (χ2v) is 4.25. The number of nitrogen functional groups attached to an aromatic ring is 1. The lowest BCUT2D eigenvalue weighted by atomic mass is 10.2. The van der Waals surface area contributed by atoms with Gasteiger partial charge in [0.2, 0.25) is 0 Å². The maximum absolute atomic E-state index is 6.03. The van der Waals surface area contributed by atoms with Crippen LogP contribution in [0.4, 0.5) is 5.69 Å². The minimum atomic E-state index is 0.0827. The quantitative estimate of drug-likeness (QED) is 0.829.